The van der Waals surface area contributed by atoms with Crippen LogP contribution >= 0.6 is 0 Å². The first-order chi connectivity index (χ1) is 5.99. The van der Waals surface area contributed by atoms with E-state index in [1.165, 1.54) is 0 Å². The van der Waals surface area contributed by atoms with Gasteiger partial charge in [-0.15, -0.1) is 0 Å². The summed E-state index contributed by atoms with van der Waals surface area (Å²) in [6, 6.07) is 8.19. The van der Waals surface area contributed by atoms with Crippen molar-refractivity contribution in [3.8, 4) is 0 Å². The normalized spacial score (nSPS) is 13.0. The average molecular weight is 224 g/mol. The van der Waals surface area contributed by atoms with Gasteiger partial charge in [0.15, 0.2) is 0 Å². The van der Waals surface area contributed by atoms with Gasteiger partial charge in [-0.3, -0.25) is 0 Å². The van der Waals surface area contributed by atoms with Crippen LogP contribution < -0.4 is 29.6 Å². The van der Waals surface area contributed by atoms with Crippen molar-refractivity contribution in [1.29, 1.82) is 0 Å². The molecule has 0 radical (unpaired) electrons. The maximum Gasteiger partial charge on any atom is 1.00 e. The molecule has 1 atom stereocenters. The number of aliphatic hydroxyl groups is 1. The SMILES string of the molecule is O=S(=O)([O-])CC(O)c1ccccc1.[Na+]. The summed E-state index contributed by atoms with van der Waals surface area (Å²) in [5, 5.41) is 9.28. The van der Waals surface area contributed by atoms with Crippen LogP contribution in [0.4, 0.5) is 0 Å². The zero-order valence-corrected chi connectivity index (χ0v) is 10.6. The van der Waals surface area contributed by atoms with Crippen molar-refractivity contribution in [2.24, 2.45) is 0 Å². The second-order valence-electron chi connectivity index (χ2n) is 2.65. The Morgan fingerprint density at radius 2 is 1.79 bits per heavy atom. The fourth-order valence-electron chi connectivity index (χ4n) is 0.965. The molecule has 1 aromatic carbocycles. The van der Waals surface area contributed by atoms with Crippen LogP contribution in [0.2, 0.25) is 0 Å². The van der Waals surface area contributed by atoms with Crippen LogP contribution in [0, 0.1) is 0 Å². The minimum absolute atomic E-state index is 0. The van der Waals surface area contributed by atoms with E-state index in [4.69, 9.17) is 0 Å². The fourth-order valence-corrected chi connectivity index (χ4v) is 1.54. The first-order valence-electron chi connectivity index (χ1n) is 3.65. The first kappa shape index (κ1) is 14.1. The van der Waals surface area contributed by atoms with E-state index < -0.39 is 22.0 Å². The Kier molecular flexibility index (Phi) is 5.88. The van der Waals surface area contributed by atoms with E-state index in [1.807, 2.05) is 0 Å². The second kappa shape index (κ2) is 5.85. The van der Waals surface area contributed by atoms with E-state index in [1.54, 1.807) is 30.3 Å². The van der Waals surface area contributed by atoms with Crippen molar-refractivity contribution >= 4 is 10.1 Å². The summed E-state index contributed by atoms with van der Waals surface area (Å²) in [7, 11) is -4.37. The molecule has 0 fully saturated rings. The van der Waals surface area contributed by atoms with Crippen LogP contribution in [-0.2, 0) is 10.1 Å². The summed E-state index contributed by atoms with van der Waals surface area (Å²) < 4.78 is 30.9. The van der Waals surface area contributed by atoms with Crippen LogP contribution in [0.3, 0.4) is 0 Å². The summed E-state index contributed by atoms with van der Waals surface area (Å²) >= 11 is 0. The summed E-state index contributed by atoms with van der Waals surface area (Å²) in [5.41, 5.74) is 0.432. The maximum absolute atomic E-state index is 10.3. The topological polar surface area (TPSA) is 77.4 Å². The smallest absolute Gasteiger partial charge is 0.748 e. The number of hydrogen-bond donors (Lipinski definition) is 1. The third kappa shape index (κ3) is 5.09. The first-order valence-corrected chi connectivity index (χ1v) is 5.23. The van der Waals surface area contributed by atoms with E-state index in [2.05, 4.69) is 0 Å². The maximum atomic E-state index is 10.3. The molecule has 0 bridgehead atoms. The van der Waals surface area contributed by atoms with Gasteiger partial charge in [0, 0.05) is 0 Å². The van der Waals surface area contributed by atoms with Gasteiger partial charge < -0.3 is 9.66 Å². The Labute approximate surface area is 105 Å². The summed E-state index contributed by atoms with van der Waals surface area (Å²) in [5.74, 6) is -0.781. The predicted molar refractivity (Wildman–Crippen MR) is 46.0 cm³/mol. The Morgan fingerprint density at radius 1 is 1.29 bits per heavy atom. The van der Waals surface area contributed by atoms with Gasteiger partial charge in [-0.2, -0.15) is 0 Å². The number of rotatable bonds is 3. The molecule has 0 saturated heterocycles. The predicted octanol–water partition coefficient (Wildman–Crippen LogP) is -2.73. The summed E-state index contributed by atoms with van der Waals surface area (Å²) in [6.07, 6.45) is -1.23. The van der Waals surface area contributed by atoms with Gasteiger partial charge in [-0.1, -0.05) is 30.3 Å². The Balaban J connectivity index is 0.00000169. The largest absolute Gasteiger partial charge is 1.00 e. The van der Waals surface area contributed by atoms with Crippen LogP contribution in [0.25, 0.3) is 0 Å². The molecular weight excluding hydrogens is 215 g/mol. The van der Waals surface area contributed by atoms with Gasteiger partial charge in [0.25, 0.3) is 0 Å². The molecule has 14 heavy (non-hydrogen) atoms. The third-order valence-electron chi connectivity index (χ3n) is 1.55. The second-order valence-corrected chi connectivity index (χ2v) is 4.10. The molecule has 0 heterocycles. The van der Waals surface area contributed by atoms with Crippen molar-refractivity contribution in [3.63, 3.8) is 0 Å². The molecule has 6 heteroatoms. The van der Waals surface area contributed by atoms with Crippen LogP contribution in [0.15, 0.2) is 30.3 Å². The molecule has 1 N–H and O–H groups in total. The molecule has 1 rings (SSSR count). The molecule has 0 aliphatic carbocycles. The van der Waals surface area contributed by atoms with Crippen LogP contribution in [0.5, 0.6) is 0 Å². The van der Waals surface area contributed by atoms with E-state index in [-0.39, 0.29) is 29.6 Å². The molecule has 1 aromatic rings. The van der Waals surface area contributed by atoms with E-state index in [0.29, 0.717) is 5.56 Å². The molecule has 4 nitrogen and oxygen atoms in total. The van der Waals surface area contributed by atoms with Crippen molar-refractivity contribution in [3.05, 3.63) is 35.9 Å². The van der Waals surface area contributed by atoms with E-state index >= 15 is 0 Å². The third-order valence-corrected chi connectivity index (χ3v) is 2.27. The van der Waals surface area contributed by atoms with Crippen LogP contribution in [0.1, 0.15) is 11.7 Å². The molecule has 0 aliphatic rings. The molecule has 0 spiro atoms. The fraction of sp³-hybridized carbons (Fsp3) is 0.250. The number of aliphatic hydroxyl groups excluding tert-OH is 1. The van der Waals surface area contributed by atoms with Gasteiger partial charge in [0.2, 0.25) is 0 Å². The van der Waals surface area contributed by atoms with Gasteiger partial charge in [-0.25, -0.2) is 8.42 Å². The number of hydrogen-bond acceptors (Lipinski definition) is 4. The summed E-state index contributed by atoms with van der Waals surface area (Å²) in [6.45, 7) is 0. The van der Waals surface area contributed by atoms with Crippen molar-refractivity contribution in [2.45, 2.75) is 6.10 Å². The minimum Gasteiger partial charge on any atom is -0.748 e. The van der Waals surface area contributed by atoms with Crippen molar-refractivity contribution in [1.82, 2.24) is 0 Å². The Hall–Kier alpha value is 0.0900. The molecular formula is C8H9NaO4S. The van der Waals surface area contributed by atoms with E-state index in [0.717, 1.165) is 0 Å². The molecule has 0 saturated carbocycles. The number of benzene rings is 1. The quantitative estimate of drug-likeness (QED) is 0.446. The molecule has 1 unspecified atom stereocenters. The minimum atomic E-state index is -4.37. The zero-order valence-electron chi connectivity index (χ0n) is 7.75. The van der Waals surface area contributed by atoms with Gasteiger partial charge in [0.1, 0.15) is 0 Å². The zero-order chi connectivity index (χ0) is 9.90. The van der Waals surface area contributed by atoms with Gasteiger partial charge in [-0.05, 0) is 5.56 Å². The monoisotopic (exact) mass is 224 g/mol. The van der Waals surface area contributed by atoms with Crippen molar-refractivity contribution < 1.29 is 47.6 Å². The standard InChI is InChI=1S/C8H10O4S.Na/c9-8(6-13(10,11)12)7-4-2-1-3-5-7;/h1-5,8-9H,6H2,(H,10,11,12);/q;+1/p-1. The van der Waals surface area contributed by atoms with E-state index in [9.17, 15) is 18.1 Å². The molecule has 0 aliphatic heterocycles. The Morgan fingerprint density at radius 3 is 2.21 bits per heavy atom. The molecule has 72 valence electrons. The molecule has 0 amide bonds. The van der Waals surface area contributed by atoms with Gasteiger partial charge in [0.05, 0.1) is 22.0 Å². The Bertz CT molecular complexity index is 362. The average Bonchev–Trinajstić information content (AvgIpc) is 2.03. The summed E-state index contributed by atoms with van der Waals surface area (Å²) in [4.78, 5) is 0. The van der Waals surface area contributed by atoms with Crippen molar-refractivity contribution in [2.75, 3.05) is 5.75 Å². The van der Waals surface area contributed by atoms with Gasteiger partial charge >= 0.3 is 29.6 Å². The molecule has 0 aromatic heterocycles. The van der Waals surface area contributed by atoms with Crippen LogP contribution in [-0.4, -0.2) is 23.8 Å².